The topological polar surface area (TPSA) is 104 Å². The Morgan fingerprint density at radius 3 is 1.27 bits per heavy atom. The van der Waals surface area contributed by atoms with Crippen LogP contribution < -0.4 is 0 Å². The predicted octanol–water partition coefficient (Wildman–Crippen LogP) is 17.2. The van der Waals surface area contributed by atoms with Gasteiger partial charge in [-0.15, -0.1) is 0 Å². The molecular formula is C65H37N5O3. The first kappa shape index (κ1) is 40.8. The van der Waals surface area contributed by atoms with Gasteiger partial charge in [-0.2, -0.15) is 0 Å². The summed E-state index contributed by atoms with van der Waals surface area (Å²) in [5.41, 5.74) is 13.8. The number of aromatic nitrogens is 5. The van der Waals surface area contributed by atoms with E-state index < -0.39 is 0 Å². The molecule has 15 rings (SSSR count). The Bertz CT molecular complexity index is 4570. The Morgan fingerprint density at radius 2 is 0.630 bits per heavy atom. The average Bonchev–Trinajstić information content (AvgIpc) is 4.16. The van der Waals surface area contributed by atoms with Gasteiger partial charge in [0.15, 0.2) is 23.3 Å². The van der Waals surface area contributed by atoms with E-state index in [1.54, 1.807) is 0 Å². The summed E-state index contributed by atoms with van der Waals surface area (Å²) in [6.07, 6.45) is 0. The number of benzene rings is 10. The normalized spacial score (nSPS) is 11.8. The summed E-state index contributed by atoms with van der Waals surface area (Å²) in [5.74, 6) is 2.23. The van der Waals surface area contributed by atoms with E-state index in [2.05, 4.69) is 140 Å². The summed E-state index contributed by atoms with van der Waals surface area (Å²) in [5, 5.41) is 8.59. The van der Waals surface area contributed by atoms with Crippen LogP contribution in [-0.2, 0) is 0 Å². The Labute approximate surface area is 416 Å². The largest absolute Gasteiger partial charge is 0.456 e. The SMILES string of the molecule is c1ccc(-c2nc(-c3cccc(-c4cccc(-c5nc(-c6ccc7c(c6)oc6ccccc67)nc(-c6ccc7c(c6)oc6ccccc67)n5)c4)c3)cc(-c3ccc4c(c3)oc3c5ccccc5ccc43)n2)cc1. The van der Waals surface area contributed by atoms with Gasteiger partial charge in [0.1, 0.15) is 33.5 Å². The van der Waals surface area contributed by atoms with Crippen LogP contribution in [0.2, 0.25) is 0 Å². The molecule has 15 aromatic rings. The van der Waals surface area contributed by atoms with Crippen LogP contribution in [-0.4, -0.2) is 24.9 Å². The Kier molecular flexibility index (Phi) is 9.09. The van der Waals surface area contributed by atoms with Crippen molar-refractivity contribution in [3.8, 4) is 79.2 Å². The number of rotatable bonds is 7. The van der Waals surface area contributed by atoms with Gasteiger partial charge in [0.05, 0.1) is 11.4 Å². The maximum Gasteiger partial charge on any atom is 0.164 e. The number of fused-ring (bicyclic) bond motifs is 11. The molecule has 73 heavy (non-hydrogen) atoms. The molecule has 0 spiro atoms. The van der Waals surface area contributed by atoms with Crippen molar-refractivity contribution in [3.63, 3.8) is 0 Å². The molecule has 10 aromatic carbocycles. The molecule has 0 aliphatic rings. The van der Waals surface area contributed by atoms with Gasteiger partial charge in [-0.05, 0) is 89.3 Å². The standard InChI is InChI=1S/C65H37N5O3/c1-2-13-39(14-3-1)62-66-54(37-55(67-62)43-25-28-52-53-31-24-38-12-4-5-19-47(38)61(53)73-60(52)34-43)42-17-10-15-40(32-42)41-16-11-18-44(33-41)63-68-64(45-26-29-50-48-20-6-8-22-56(48)71-58(50)35-45)70-65(69-63)46-27-30-51-49-21-7-9-23-57(49)72-59(51)36-46/h1-37H. The molecular weight excluding hydrogens is 899 g/mol. The quantitative estimate of drug-likeness (QED) is 0.156. The van der Waals surface area contributed by atoms with Gasteiger partial charge in [0.25, 0.3) is 0 Å². The summed E-state index contributed by atoms with van der Waals surface area (Å²) in [4.78, 5) is 25.8. The average molecular weight is 936 g/mol. The second kappa shape index (κ2) is 16.3. The van der Waals surface area contributed by atoms with Crippen LogP contribution in [0.15, 0.2) is 238 Å². The van der Waals surface area contributed by atoms with Crippen LogP contribution in [0.25, 0.3) is 156 Å². The highest BCUT2D eigenvalue weighted by Gasteiger charge is 2.19. The summed E-state index contributed by atoms with van der Waals surface area (Å²) >= 11 is 0. The van der Waals surface area contributed by atoms with Crippen molar-refractivity contribution in [2.24, 2.45) is 0 Å². The molecule has 0 atom stereocenters. The zero-order chi connectivity index (χ0) is 48.0. The van der Waals surface area contributed by atoms with Crippen molar-refractivity contribution < 1.29 is 13.3 Å². The van der Waals surface area contributed by atoms with Gasteiger partial charge in [-0.25, -0.2) is 24.9 Å². The molecule has 0 bridgehead atoms. The second-order valence-electron chi connectivity index (χ2n) is 18.4. The van der Waals surface area contributed by atoms with Crippen LogP contribution in [0.3, 0.4) is 0 Å². The first-order valence-electron chi connectivity index (χ1n) is 24.2. The maximum atomic E-state index is 6.61. The van der Waals surface area contributed by atoms with Crippen molar-refractivity contribution in [1.29, 1.82) is 0 Å². The number of hydrogen-bond donors (Lipinski definition) is 0. The summed E-state index contributed by atoms with van der Waals surface area (Å²) < 4.78 is 19.3. The van der Waals surface area contributed by atoms with Gasteiger partial charge in [-0.3, -0.25) is 0 Å². The lowest BCUT2D eigenvalue weighted by Crippen LogP contribution is -2.00. The molecule has 0 fully saturated rings. The van der Waals surface area contributed by atoms with Crippen molar-refractivity contribution in [1.82, 2.24) is 24.9 Å². The van der Waals surface area contributed by atoms with Gasteiger partial charge in [-0.1, -0.05) is 152 Å². The monoisotopic (exact) mass is 935 g/mol. The Balaban J connectivity index is 0.833. The lowest BCUT2D eigenvalue weighted by atomic mass is 9.98. The van der Waals surface area contributed by atoms with Crippen molar-refractivity contribution in [2.45, 2.75) is 0 Å². The van der Waals surface area contributed by atoms with Crippen molar-refractivity contribution in [3.05, 3.63) is 224 Å². The zero-order valence-electron chi connectivity index (χ0n) is 38.8. The highest BCUT2D eigenvalue weighted by atomic mass is 16.3. The third kappa shape index (κ3) is 6.95. The molecule has 0 radical (unpaired) electrons. The van der Waals surface area contributed by atoms with E-state index in [1.165, 1.54) is 0 Å². The molecule has 0 unspecified atom stereocenters. The first-order chi connectivity index (χ1) is 36.1. The van der Waals surface area contributed by atoms with E-state index in [0.717, 1.165) is 132 Å². The number of nitrogens with zero attached hydrogens (tertiary/aromatic N) is 5. The minimum Gasteiger partial charge on any atom is -0.456 e. The zero-order valence-corrected chi connectivity index (χ0v) is 38.8. The maximum absolute atomic E-state index is 6.61. The van der Waals surface area contributed by atoms with Crippen LogP contribution in [0, 0.1) is 0 Å². The summed E-state index contributed by atoms with van der Waals surface area (Å²) in [6, 6.07) is 76.5. The molecule has 8 heteroatoms. The molecule has 0 aliphatic heterocycles. The molecule has 0 amide bonds. The smallest absolute Gasteiger partial charge is 0.164 e. The fraction of sp³-hybridized carbons (Fsp3) is 0. The van der Waals surface area contributed by atoms with E-state index >= 15 is 0 Å². The third-order valence-corrected chi connectivity index (χ3v) is 13.9. The first-order valence-corrected chi connectivity index (χ1v) is 24.2. The second-order valence-corrected chi connectivity index (χ2v) is 18.4. The summed E-state index contributed by atoms with van der Waals surface area (Å²) in [6.45, 7) is 0. The van der Waals surface area contributed by atoms with Gasteiger partial charge in [0, 0.05) is 71.1 Å². The highest BCUT2D eigenvalue weighted by molar-refractivity contribution is 6.15. The highest BCUT2D eigenvalue weighted by Crippen LogP contribution is 2.39. The fourth-order valence-electron chi connectivity index (χ4n) is 10.3. The van der Waals surface area contributed by atoms with E-state index in [-0.39, 0.29) is 0 Å². The minimum atomic E-state index is 0.529. The molecule has 0 aliphatic carbocycles. The number of para-hydroxylation sites is 2. The van der Waals surface area contributed by atoms with E-state index in [1.807, 2.05) is 84.9 Å². The van der Waals surface area contributed by atoms with Gasteiger partial charge < -0.3 is 13.3 Å². The fourth-order valence-corrected chi connectivity index (χ4v) is 10.3. The van der Waals surface area contributed by atoms with Gasteiger partial charge >= 0.3 is 0 Å². The third-order valence-electron chi connectivity index (χ3n) is 13.9. The predicted molar refractivity (Wildman–Crippen MR) is 293 cm³/mol. The molecule has 340 valence electrons. The molecule has 0 saturated carbocycles. The Morgan fingerprint density at radius 1 is 0.219 bits per heavy atom. The van der Waals surface area contributed by atoms with Crippen LogP contribution >= 0.6 is 0 Å². The lowest BCUT2D eigenvalue weighted by molar-refractivity contribution is 0.668. The number of furan rings is 3. The van der Waals surface area contributed by atoms with Crippen LogP contribution in [0.5, 0.6) is 0 Å². The lowest BCUT2D eigenvalue weighted by Gasteiger charge is -2.12. The summed E-state index contributed by atoms with van der Waals surface area (Å²) in [7, 11) is 0. The minimum absolute atomic E-state index is 0.529. The van der Waals surface area contributed by atoms with Gasteiger partial charge in [0.2, 0.25) is 0 Å². The molecule has 0 saturated heterocycles. The van der Waals surface area contributed by atoms with Crippen LogP contribution in [0.1, 0.15) is 0 Å². The Hall–Kier alpha value is -10.1. The van der Waals surface area contributed by atoms with E-state index in [0.29, 0.717) is 23.3 Å². The van der Waals surface area contributed by atoms with Crippen LogP contribution in [0.4, 0.5) is 0 Å². The molecule has 0 N–H and O–H groups in total. The molecule has 8 nitrogen and oxygen atoms in total. The van der Waals surface area contributed by atoms with E-state index in [4.69, 9.17) is 38.2 Å². The number of hydrogen-bond acceptors (Lipinski definition) is 8. The van der Waals surface area contributed by atoms with Crippen molar-refractivity contribution in [2.75, 3.05) is 0 Å². The molecule has 5 heterocycles. The van der Waals surface area contributed by atoms with E-state index in [9.17, 15) is 0 Å². The van der Waals surface area contributed by atoms with Crippen molar-refractivity contribution >= 4 is 76.6 Å². The molecule has 5 aromatic heterocycles.